The number of aromatic amines is 1. The fourth-order valence-corrected chi connectivity index (χ4v) is 2.02. The van der Waals surface area contributed by atoms with Gasteiger partial charge in [-0.3, -0.25) is 4.79 Å². The predicted octanol–water partition coefficient (Wildman–Crippen LogP) is 1.86. The van der Waals surface area contributed by atoms with Crippen LogP contribution >= 0.6 is 11.6 Å². The van der Waals surface area contributed by atoms with Crippen molar-refractivity contribution >= 4 is 28.4 Å². The third-order valence-corrected chi connectivity index (χ3v) is 3.00. The average molecular weight is 267 g/mol. The van der Waals surface area contributed by atoms with Gasteiger partial charge >= 0.3 is 0 Å². The van der Waals surface area contributed by atoms with Crippen LogP contribution in [0.4, 0.5) is 0 Å². The number of aliphatic hydroxyl groups is 1. The number of carbonyl (C=O) groups is 1. The molecule has 0 bridgehead atoms. The number of rotatable bonds is 4. The van der Waals surface area contributed by atoms with Gasteiger partial charge in [-0.15, -0.1) is 0 Å². The van der Waals surface area contributed by atoms with Crippen molar-refractivity contribution in [2.45, 2.75) is 19.4 Å². The van der Waals surface area contributed by atoms with Crippen molar-refractivity contribution in [1.82, 2.24) is 10.3 Å². The van der Waals surface area contributed by atoms with E-state index >= 15 is 0 Å². The number of amides is 1. The lowest BCUT2D eigenvalue weighted by Crippen LogP contribution is -2.35. The monoisotopic (exact) mass is 266 g/mol. The molecule has 1 unspecified atom stereocenters. The first-order chi connectivity index (χ1) is 8.60. The maximum Gasteiger partial charge on any atom is 0.224 e. The maximum absolute atomic E-state index is 11.7. The summed E-state index contributed by atoms with van der Waals surface area (Å²) in [6, 6.07) is 5.30. The zero-order chi connectivity index (χ0) is 13.1. The Balaban J connectivity index is 2.15. The molecule has 1 atom stereocenters. The lowest BCUT2D eigenvalue weighted by atomic mass is 10.1. The van der Waals surface area contributed by atoms with Gasteiger partial charge in [0.15, 0.2) is 0 Å². The molecule has 1 aromatic heterocycles. The van der Waals surface area contributed by atoms with E-state index in [4.69, 9.17) is 16.7 Å². The Morgan fingerprint density at radius 2 is 2.33 bits per heavy atom. The van der Waals surface area contributed by atoms with Crippen LogP contribution in [0.3, 0.4) is 0 Å². The summed E-state index contributed by atoms with van der Waals surface area (Å²) in [4.78, 5) is 14.8. The molecule has 18 heavy (non-hydrogen) atoms. The first kappa shape index (κ1) is 12.9. The molecule has 2 aromatic rings. The summed E-state index contributed by atoms with van der Waals surface area (Å²) in [5, 5.41) is 13.2. The molecule has 0 radical (unpaired) electrons. The van der Waals surface area contributed by atoms with Crippen LogP contribution in [0.2, 0.25) is 5.02 Å². The lowest BCUT2D eigenvalue weighted by Gasteiger charge is -2.10. The van der Waals surface area contributed by atoms with Gasteiger partial charge in [0.05, 0.1) is 13.0 Å². The van der Waals surface area contributed by atoms with Crippen molar-refractivity contribution in [3.05, 3.63) is 35.0 Å². The fourth-order valence-electron chi connectivity index (χ4n) is 1.85. The van der Waals surface area contributed by atoms with E-state index in [0.29, 0.717) is 5.02 Å². The maximum atomic E-state index is 11.7. The number of benzene rings is 1. The van der Waals surface area contributed by atoms with Gasteiger partial charge in [0, 0.05) is 28.2 Å². The van der Waals surface area contributed by atoms with E-state index in [1.165, 1.54) is 0 Å². The minimum absolute atomic E-state index is 0.0603. The van der Waals surface area contributed by atoms with Crippen molar-refractivity contribution in [1.29, 1.82) is 0 Å². The number of halogens is 1. The minimum atomic E-state index is -0.225. The van der Waals surface area contributed by atoms with Gasteiger partial charge in [0.2, 0.25) is 5.91 Å². The van der Waals surface area contributed by atoms with E-state index in [9.17, 15) is 4.79 Å². The highest BCUT2D eigenvalue weighted by Gasteiger charge is 2.10. The van der Waals surface area contributed by atoms with Gasteiger partial charge in [0.25, 0.3) is 0 Å². The van der Waals surface area contributed by atoms with Crippen LogP contribution in [0.25, 0.3) is 10.9 Å². The van der Waals surface area contributed by atoms with Crippen molar-refractivity contribution < 1.29 is 9.90 Å². The molecule has 1 heterocycles. The summed E-state index contributed by atoms with van der Waals surface area (Å²) in [6.45, 7) is 1.70. The molecule has 0 fully saturated rings. The number of aliphatic hydroxyl groups excluding tert-OH is 1. The second-order valence-corrected chi connectivity index (χ2v) is 4.77. The average Bonchev–Trinajstić information content (AvgIpc) is 2.71. The molecule has 0 aliphatic carbocycles. The van der Waals surface area contributed by atoms with E-state index in [2.05, 4.69) is 10.3 Å². The van der Waals surface area contributed by atoms with Crippen LogP contribution in [-0.2, 0) is 11.2 Å². The fraction of sp³-hybridized carbons (Fsp3) is 0.308. The summed E-state index contributed by atoms with van der Waals surface area (Å²) in [7, 11) is 0. The summed E-state index contributed by atoms with van der Waals surface area (Å²) in [5.74, 6) is -0.104. The van der Waals surface area contributed by atoms with Gasteiger partial charge in [-0.1, -0.05) is 17.7 Å². The number of carbonyl (C=O) groups excluding carboxylic acids is 1. The smallest absolute Gasteiger partial charge is 0.224 e. The van der Waals surface area contributed by atoms with Crippen LogP contribution in [0.15, 0.2) is 24.4 Å². The summed E-state index contributed by atoms with van der Waals surface area (Å²) >= 11 is 5.89. The van der Waals surface area contributed by atoms with Crippen LogP contribution in [0.1, 0.15) is 12.5 Å². The molecule has 0 spiro atoms. The third kappa shape index (κ3) is 2.83. The Hall–Kier alpha value is -1.52. The topological polar surface area (TPSA) is 65.1 Å². The summed E-state index contributed by atoms with van der Waals surface area (Å²) < 4.78 is 0. The molecule has 0 aliphatic rings. The number of aromatic nitrogens is 1. The van der Waals surface area contributed by atoms with Crippen molar-refractivity contribution in [2.24, 2.45) is 0 Å². The highest BCUT2D eigenvalue weighted by molar-refractivity contribution is 6.31. The van der Waals surface area contributed by atoms with Gasteiger partial charge in [0.1, 0.15) is 0 Å². The zero-order valence-electron chi connectivity index (χ0n) is 10.0. The van der Waals surface area contributed by atoms with Crippen LogP contribution < -0.4 is 5.32 Å². The zero-order valence-corrected chi connectivity index (χ0v) is 10.8. The van der Waals surface area contributed by atoms with Crippen molar-refractivity contribution in [3.63, 3.8) is 0 Å². The first-order valence-electron chi connectivity index (χ1n) is 5.76. The number of hydrogen-bond donors (Lipinski definition) is 3. The molecule has 0 aliphatic heterocycles. The molecule has 2 rings (SSSR count). The van der Waals surface area contributed by atoms with Gasteiger partial charge < -0.3 is 15.4 Å². The molecule has 1 amide bonds. The number of H-pyrrole nitrogens is 1. The van der Waals surface area contributed by atoms with Crippen molar-refractivity contribution in [2.75, 3.05) is 6.61 Å². The Bertz CT molecular complexity index is 565. The van der Waals surface area contributed by atoms with E-state index in [0.717, 1.165) is 16.5 Å². The second-order valence-electron chi connectivity index (χ2n) is 4.33. The highest BCUT2D eigenvalue weighted by Crippen LogP contribution is 2.22. The van der Waals surface area contributed by atoms with E-state index in [1.54, 1.807) is 13.0 Å². The van der Waals surface area contributed by atoms with Crippen LogP contribution in [-0.4, -0.2) is 28.6 Å². The quantitative estimate of drug-likeness (QED) is 0.791. The lowest BCUT2D eigenvalue weighted by molar-refractivity contribution is -0.121. The Labute approximate surface area is 110 Å². The predicted molar refractivity (Wildman–Crippen MR) is 71.7 cm³/mol. The number of hydrogen-bond acceptors (Lipinski definition) is 2. The molecule has 0 saturated heterocycles. The van der Waals surface area contributed by atoms with E-state index in [1.807, 2.05) is 18.3 Å². The molecular formula is C13H15ClN2O2. The normalized spacial score (nSPS) is 12.6. The second kappa shape index (κ2) is 5.42. The largest absolute Gasteiger partial charge is 0.394 e. The summed E-state index contributed by atoms with van der Waals surface area (Å²) in [5.41, 5.74) is 1.84. The van der Waals surface area contributed by atoms with Gasteiger partial charge in [-0.25, -0.2) is 0 Å². The third-order valence-electron chi connectivity index (χ3n) is 2.76. The summed E-state index contributed by atoms with van der Waals surface area (Å²) in [6.07, 6.45) is 2.09. The molecule has 1 aromatic carbocycles. The van der Waals surface area contributed by atoms with Crippen molar-refractivity contribution in [3.8, 4) is 0 Å². The Morgan fingerprint density at radius 1 is 1.56 bits per heavy atom. The van der Waals surface area contributed by atoms with E-state index in [-0.39, 0.29) is 25.0 Å². The van der Waals surface area contributed by atoms with Crippen LogP contribution in [0, 0.1) is 0 Å². The Morgan fingerprint density at radius 3 is 3.06 bits per heavy atom. The number of fused-ring (bicyclic) bond motifs is 1. The van der Waals surface area contributed by atoms with Gasteiger partial charge in [-0.05, 0) is 24.6 Å². The minimum Gasteiger partial charge on any atom is -0.394 e. The Kier molecular flexibility index (Phi) is 3.89. The van der Waals surface area contributed by atoms with Crippen LogP contribution in [0.5, 0.6) is 0 Å². The molecular weight excluding hydrogens is 252 g/mol. The molecule has 0 saturated carbocycles. The SMILES string of the molecule is CC(CO)NC(=O)Cc1c[nH]c2cc(Cl)ccc12. The molecule has 96 valence electrons. The first-order valence-corrected chi connectivity index (χ1v) is 6.13. The highest BCUT2D eigenvalue weighted by atomic mass is 35.5. The van der Waals surface area contributed by atoms with E-state index < -0.39 is 0 Å². The number of nitrogens with one attached hydrogen (secondary N) is 2. The standard InChI is InChI=1S/C13H15ClN2O2/c1-8(7-17)16-13(18)4-9-6-15-12-5-10(14)2-3-11(9)12/h2-3,5-6,8,15,17H,4,7H2,1H3,(H,16,18). The molecule has 5 heteroatoms. The molecule has 3 N–H and O–H groups in total. The van der Waals surface area contributed by atoms with Gasteiger partial charge in [-0.2, -0.15) is 0 Å². The molecule has 4 nitrogen and oxygen atoms in total.